The van der Waals surface area contributed by atoms with Crippen LogP contribution >= 0.6 is 0 Å². The maximum Gasteiger partial charge on any atom is 0.343 e. The predicted octanol–water partition coefficient (Wildman–Crippen LogP) is 7.66. The fraction of sp³-hybridized carbons (Fsp3) is 0.0270. The summed E-state index contributed by atoms with van der Waals surface area (Å²) in [5.41, 5.74) is 4.84. The van der Waals surface area contributed by atoms with E-state index in [2.05, 4.69) is 0 Å². The van der Waals surface area contributed by atoms with Gasteiger partial charge in [-0.05, 0) is 79.7 Å². The fourth-order valence-electron chi connectivity index (χ4n) is 5.18. The lowest BCUT2D eigenvalue weighted by Crippen LogP contribution is -2.29. The molecule has 7 nitrogen and oxygen atoms in total. The number of ether oxygens (including phenoxy) is 1. The lowest BCUT2D eigenvalue weighted by molar-refractivity contribution is 0.0734. The first kappa shape index (κ1) is 26.8. The van der Waals surface area contributed by atoms with E-state index in [1.807, 2.05) is 61.5 Å². The largest absolute Gasteiger partial charge is 0.456 e. The molecule has 0 atom stereocenters. The Morgan fingerprint density at radius 2 is 1.39 bits per heavy atom. The lowest BCUT2D eigenvalue weighted by atomic mass is 10.1. The van der Waals surface area contributed by atoms with E-state index in [0.717, 1.165) is 32.4 Å². The second kappa shape index (κ2) is 11.0. The van der Waals surface area contributed by atoms with Crippen LogP contribution in [0.4, 0.5) is 11.4 Å². The van der Waals surface area contributed by atoms with Gasteiger partial charge < -0.3 is 9.15 Å². The lowest BCUT2D eigenvalue weighted by Gasteiger charge is -2.14. The van der Waals surface area contributed by atoms with Crippen LogP contribution in [0.5, 0.6) is 5.75 Å². The Labute approximate surface area is 252 Å². The Morgan fingerprint density at radius 3 is 2.07 bits per heavy atom. The quantitative estimate of drug-likeness (QED) is 0.119. The summed E-state index contributed by atoms with van der Waals surface area (Å²) in [7, 11) is 0. The molecule has 1 aromatic heterocycles. The summed E-state index contributed by atoms with van der Waals surface area (Å²) in [4.78, 5) is 44.4. The number of carbonyl (C=O) groups is 3. The van der Waals surface area contributed by atoms with Gasteiger partial charge in [0, 0.05) is 17.0 Å². The molecule has 0 aliphatic carbocycles. The zero-order valence-corrected chi connectivity index (χ0v) is 23.6. The molecule has 44 heavy (non-hydrogen) atoms. The van der Waals surface area contributed by atoms with E-state index in [0.29, 0.717) is 34.0 Å². The number of imide groups is 1. The number of benzene rings is 5. The Bertz CT molecular complexity index is 2110. The highest BCUT2D eigenvalue weighted by molar-refractivity contribution is 6.34. The first-order chi connectivity index (χ1) is 21.4. The number of nitrogens with zero attached hydrogens (tertiary/aromatic N) is 2. The van der Waals surface area contributed by atoms with E-state index in [1.165, 1.54) is 12.1 Å². The number of fused-ring (bicyclic) bond motifs is 2. The van der Waals surface area contributed by atoms with Gasteiger partial charge >= 0.3 is 5.97 Å². The molecule has 7 rings (SSSR count). The summed E-state index contributed by atoms with van der Waals surface area (Å²) in [6.07, 6.45) is 0. The van der Waals surface area contributed by atoms with Gasteiger partial charge in [0.15, 0.2) is 0 Å². The Morgan fingerprint density at radius 1 is 0.727 bits per heavy atom. The molecule has 2 heterocycles. The van der Waals surface area contributed by atoms with Crippen molar-refractivity contribution in [3.63, 3.8) is 0 Å². The summed E-state index contributed by atoms with van der Waals surface area (Å²) in [5.74, 6) is -0.291. The number of hydrogen-bond donors (Lipinski definition) is 0. The Hall–Kier alpha value is -6.08. The number of carbonyl (C=O) groups excluding carboxylic acids is 3. The van der Waals surface area contributed by atoms with Gasteiger partial charge in [-0.2, -0.15) is 0 Å². The first-order valence-electron chi connectivity index (χ1n) is 14.0. The Balaban J connectivity index is 1.11. The third-order valence-corrected chi connectivity index (χ3v) is 7.41. The maximum atomic E-state index is 12.9. The van der Waals surface area contributed by atoms with Crippen molar-refractivity contribution in [2.45, 2.75) is 6.92 Å². The van der Waals surface area contributed by atoms with Gasteiger partial charge in [-0.1, -0.05) is 54.1 Å². The molecule has 212 valence electrons. The third kappa shape index (κ3) is 4.97. The summed E-state index contributed by atoms with van der Waals surface area (Å²) in [5, 5.41) is 1.65. The van der Waals surface area contributed by atoms with Gasteiger partial charge in [-0.3, -0.25) is 9.59 Å². The van der Waals surface area contributed by atoms with Crippen molar-refractivity contribution in [2.75, 3.05) is 4.90 Å². The van der Waals surface area contributed by atoms with Gasteiger partial charge in [-0.15, -0.1) is 0 Å². The van der Waals surface area contributed by atoms with Crippen molar-refractivity contribution in [1.29, 1.82) is 0 Å². The number of hydrogen-bond acceptors (Lipinski definition) is 6. The van der Waals surface area contributed by atoms with Crippen LogP contribution in [0.1, 0.15) is 36.6 Å². The first-order valence-corrected chi connectivity index (χ1v) is 14.0. The second-order valence-electron chi connectivity index (χ2n) is 10.4. The van der Waals surface area contributed by atoms with Crippen LogP contribution in [0, 0.1) is 6.92 Å². The molecule has 7 heteroatoms. The smallest absolute Gasteiger partial charge is 0.343 e. The van der Waals surface area contributed by atoms with Crippen LogP contribution in [0.15, 0.2) is 137 Å². The average Bonchev–Trinajstić information content (AvgIpc) is 3.31. The number of amides is 2. The molecule has 0 radical (unpaired) electrons. The highest BCUT2D eigenvalue weighted by atomic mass is 16.5. The van der Waals surface area contributed by atoms with E-state index < -0.39 is 17.8 Å². The molecule has 2 amide bonds. The van der Waals surface area contributed by atoms with Crippen LogP contribution in [0.2, 0.25) is 0 Å². The summed E-state index contributed by atoms with van der Waals surface area (Å²) in [6.45, 7) is 2.02. The molecule has 5 aromatic carbocycles. The molecule has 0 fully saturated rings. The Kier molecular flexibility index (Phi) is 6.68. The second-order valence-corrected chi connectivity index (χ2v) is 10.4. The van der Waals surface area contributed by atoms with E-state index in [1.54, 1.807) is 60.7 Å². The van der Waals surface area contributed by atoms with Crippen LogP contribution in [-0.4, -0.2) is 17.8 Å². The summed E-state index contributed by atoms with van der Waals surface area (Å²) >= 11 is 0. The zero-order valence-electron chi connectivity index (χ0n) is 23.6. The summed E-state index contributed by atoms with van der Waals surface area (Å²) < 4.78 is 11.8. The highest BCUT2D eigenvalue weighted by Crippen LogP contribution is 2.29. The average molecular weight is 577 g/mol. The van der Waals surface area contributed by atoms with Gasteiger partial charge in [0.2, 0.25) is 0 Å². The van der Waals surface area contributed by atoms with E-state index >= 15 is 0 Å². The predicted molar refractivity (Wildman–Crippen MR) is 167 cm³/mol. The molecule has 0 bridgehead atoms. The van der Waals surface area contributed by atoms with Crippen LogP contribution in [0.3, 0.4) is 0 Å². The molecular formula is C37H24N2O5. The van der Waals surface area contributed by atoms with Crippen LogP contribution < -0.4 is 15.0 Å². The van der Waals surface area contributed by atoms with Crippen molar-refractivity contribution in [2.24, 2.45) is 4.99 Å². The monoisotopic (exact) mass is 576 g/mol. The molecule has 6 aromatic rings. The van der Waals surface area contributed by atoms with Gasteiger partial charge in [0.05, 0.1) is 33.4 Å². The summed E-state index contributed by atoms with van der Waals surface area (Å²) in [6, 6.07) is 37.6. The fourth-order valence-corrected chi connectivity index (χ4v) is 5.18. The molecule has 0 unspecified atom stereocenters. The SMILES string of the molecule is Cc1ccc2oc(-c3ccccc3)cc(=Nc3ccc(OC(=O)c4ccc(N5C(=O)c6ccccc6C5=O)cc4)cc3)c2c1. The molecule has 0 N–H and O–H groups in total. The topological polar surface area (TPSA) is 89.2 Å². The molecule has 1 aliphatic heterocycles. The number of esters is 1. The van der Waals surface area contributed by atoms with Gasteiger partial charge in [0.25, 0.3) is 11.8 Å². The number of rotatable bonds is 5. The number of anilines is 1. The molecule has 1 aliphatic rings. The van der Waals surface area contributed by atoms with Crippen molar-refractivity contribution >= 4 is 40.1 Å². The van der Waals surface area contributed by atoms with Crippen LogP contribution in [-0.2, 0) is 0 Å². The number of aryl methyl sites for hydroxylation is 1. The van der Waals surface area contributed by atoms with Gasteiger partial charge in [0.1, 0.15) is 17.1 Å². The highest BCUT2D eigenvalue weighted by Gasteiger charge is 2.36. The minimum absolute atomic E-state index is 0.280. The van der Waals surface area contributed by atoms with Crippen LogP contribution in [0.25, 0.3) is 22.3 Å². The van der Waals surface area contributed by atoms with E-state index in [4.69, 9.17) is 14.1 Å². The molecular weight excluding hydrogens is 552 g/mol. The van der Waals surface area contributed by atoms with E-state index in [-0.39, 0.29) is 5.56 Å². The standard InChI is InChI=1S/C37H24N2O5/c1-23-11-20-33-31(21-23)32(22-34(44-33)24-7-3-2-4-8-24)38-26-14-18-28(19-15-26)43-37(42)25-12-16-27(17-13-25)39-35(40)29-9-5-6-10-30(29)36(39)41/h2-22H,1H3. The van der Waals surface area contributed by atoms with Crippen molar-refractivity contribution in [3.05, 3.63) is 155 Å². The minimum Gasteiger partial charge on any atom is -0.456 e. The molecule has 0 saturated carbocycles. The van der Waals surface area contributed by atoms with Crippen molar-refractivity contribution in [3.8, 4) is 17.1 Å². The molecule has 0 spiro atoms. The van der Waals surface area contributed by atoms with Crippen molar-refractivity contribution in [1.82, 2.24) is 0 Å². The minimum atomic E-state index is -0.567. The van der Waals surface area contributed by atoms with Crippen molar-refractivity contribution < 1.29 is 23.5 Å². The normalized spacial score (nSPS) is 12.9. The zero-order chi connectivity index (χ0) is 30.2. The van der Waals surface area contributed by atoms with E-state index in [9.17, 15) is 14.4 Å². The van der Waals surface area contributed by atoms with Gasteiger partial charge in [-0.25, -0.2) is 14.7 Å². The molecule has 0 saturated heterocycles. The third-order valence-electron chi connectivity index (χ3n) is 7.41. The maximum absolute atomic E-state index is 12.9.